The van der Waals surface area contributed by atoms with E-state index in [-0.39, 0.29) is 5.78 Å². The van der Waals surface area contributed by atoms with Crippen LogP contribution in [0.2, 0.25) is 0 Å². The molecular formula is C17H29N3O3. The van der Waals surface area contributed by atoms with Crippen LogP contribution >= 0.6 is 0 Å². The van der Waals surface area contributed by atoms with Crippen molar-refractivity contribution in [2.75, 3.05) is 43.5 Å². The van der Waals surface area contributed by atoms with Crippen LogP contribution < -0.4 is 15.4 Å². The largest absolute Gasteiger partial charge is 0.475 e. The van der Waals surface area contributed by atoms with Gasteiger partial charge in [-0.25, -0.2) is 0 Å². The predicted molar refractivity (Wildman–Crippen MR) is 93.1 cm³/mol. The standard InChI is InChI=1S/C17H29N3O3/c1-4-7-20(8-5-2)15-12-16(18)19-17(13-15)23-11-10-22-9-6-14(3)21/h12-13H,4-11H2,1-3H3,(H2,18,19). The Morgan fingerprint density at radius 3 is 2.48 bits per heavy atom. The van der Waals surface area contributed by atoms with E-state index in [9.17, 15) is 4.79 Å². The minimum atomic E-state index is 0.125. The fourth-order valence-corrected chi connectivity index (χ4v) is 2.20. The molecule has 0 aromatic carbocycles. The van der Waals surface area contributed by atoms with E-state index in [0.717, 1.165) is 31.6 Å². The molecule has 1 rings (SSSR count). The number of hydrogen-bond acceptors (Lipinski definition) is 6. The molecule has 1 aromatic heterocycles. The monoisotopic (exact) mass is 323 g/mol. The molecule has 1 aromatic rings. The van der Waals surface area contributed by atoms with Gasteiger partial charge in [0.05, 0.1) is 13.2 Å². The van der Waals surface area contributed by atoms with Crippen LogP contribution in [-0.2, 0) is 9.53 Å². The molecule has 0 amide bonds. The average molecular weight is 323 g/mol. The Morgan fingerprint density at radius 2 is 1.87 bits per heavy atom. The molecule has 0 aliphatic carbocycles. The Morgan fingerprint density at radius 1 is 1.17 bits per heavy atom. The van der Waals surface area contributed by atoms with Gasteiger partial charge in [0.25, 0.3) is 0 Å². The third kappa shape index (κ3) is 7.83. The van der Waals surface area contributed by atoms with Crippen LogP contribution in [0.3, 0.4) is 0 Å². The highest BCUT2D eigenvalue weighted by atomic mass is 16.5. The van der Waals surface area contributed by atoms with E-state index in [0.29, 0.717) is 37.9 Å². The number of carbonyl (C=O) groups excluding carboxylic acids is 1. The third-order valence-corrected chi connectivity index (χ3v) is 3.23. The van der Waals surface area contributed by atoms with Crippen molar-refractivity contribution in [3.63, 3.8) is 0 Å². The summed E-state index contributed by atoms with van der Waals surface area (Å²) in [6, 6.07) is 3.79. The number of hydrogen-bond donors (Lipinski definition) is 1. The van der Waals surface area contributed by atoms with Gasteiger partial charge in [-0.2, -0.15) is 4.98 Å². The molecule has 0 spiro atoms. The smallest absolute Gasteiger partial charge is 0.217 e. The first-order valence-electron chi connectivity index (χ1n) is 8.29. The maximum Gasteiger partial charge on any atom is 0.217 e. The highest BCUT2D eigenvalue weighted by Gasteiger charge is 2.09. The number of aromatic nitrogens is 1. The number of carbonyl (C=O) groups is 1. The van der Waals surface area contributed by atoms with Crippen LogP contribution in [0.25, 0.3) is 0 Å². The zero-order valence-corrected chi connectivity index (χ0v) is 14.5. The predicted octanol–water partition coefficient (Wildman–Crippen LogP) is 2.66. The molecule has 0 aliphatic rings. The van der Waals surface area contributed by atoms with Crippen molar-refractivity contribution in [2.45, 2.75) is 40.0 Å². The van der Waals surface area contributed by atoms with Crippen LogP contribution in [0.1, 0.15) is 40.0 Å². The molecule has 0 atom stereocenters. The molecule has 6 heteroatoms. The number of nitrogens with two attached hydrogens (primary N) is 1. The molecule has 0 bridgehead atoms. The van der Waals surface area contributed by atoms with E-state index < -0.39 is 0 Å². The quantitative estimate of drug-likeness (QED) is 0.596. The van der Waals surface area contributed by atoms with Gasteiger partial charge < -0.3 is 20.1 Å². The maximum atomic E-state index is 10.8. The Kier molecular flexibility index (Phi) is 9.05. The van der Waals surface area contributed by atoms with Crippen LogP contribution in [0.4, 0.5) is 11.5 Å². The molecule has 0 saturated carbocycles. The Bertz CT molecular complexity index is 474. The summed E-state index contributed by atoms with van der Waals surface area (Å²) in [5.41, 5.74) is 6.92. The van der Waals surface area contributed by atoms with Gasteiger partial charge in [-0.15, -0.1) is 0 Å². The summed E-state index contributed by atoms with van der Waals surface area (Å²) in [6.07, 6.45) is 2.58. The van der Waals surface area contributed by atoms with Crippen LogP contribution in [0.15, 0.2) is 12.1 Å². The first kappa shape index (κ1) is 19.2. The number of pyridine rings is 1. The highest BCUT2D eigenvalue weighted by molar-refractivity contribution is 5.75. The van der Waals surface area contributed by atoms with E-state index in [1.165, 1.54) is 0 Å². The highest BCUT2D eigenvalue weighted by Crippen LogP contribution is 2.23. The summed E-state index contributed by atoms with van der Waals surface area (Å²) < 4.78 is 10.9. The lowest BCUT2D eigenvalue weighted by Gasteiger charge is -2.24. The Labute approximate surface area is 139 Å². The normalized spacial score (nSPS) is 10.6. The number of rotatable bonds is 12. The lowest BCUT2D eigenvalue weighted by Crippen LogP contribution is -2.25. The minimum Gasteiger partial charge on any atom is -0.475 e. The summed E-state index contributed by atoms with van der Waals surface area (Å²) in [5, 5.41) is 0. The second-order valence-corrected chi connectivity index (χ2v) is 5.49. The molecule has 0 saturated heterocycles. The number of ether oxygens (including phenoxy) is 2. The average Bonchev–Trinajstić information content (AvgIpc) is 2.49. The van der Waals surface area contributed by atoms with Crippen LogP contribution in [-0.4, -0.2) is 43.7 Å². The number of anilines is 2. The fourth-order valence-electron chi connectivity index (χ4n) is 2.20. The topological polar surface area (TPSA) is 77.7 Å². The summed E-state index contributed by atoms with van der Waals surface area (Å²) in [6.45, 7) is 9.05. The van der Waals surface area contributed by atoms with Crippen molar-refractivity contribution in [2.24, 2.45) is 0 Å². The SMILES string of the molecule is CCCN(CCC)c1cc(N)nc(OCCOCCC(C)=O)c1. The van der Waals surface area contributed by atoms with E-state index in [1.54, 1.807) is 6.92 Å². The lowest BCUT2D eigenvalue weighted by atomic mass is 10.3. The second-order valence-electron chi connectivity index (χ2n) is 5.49. The molecule has 0 radical (unpaired) electrons. The molecule has 6 nitrogen and oxygen atoms in total. The van der Waals surface area contributed by atoms with E-state index in [1.807, 2.05) is 12.1 Å². The molecule has 0 fully saturated rings. The van der Waals surface area contributed by atoms with Crippen molar-refractivity contribution < 1.29 is 14.3 Å². The van der Waals surface area contributed by atoms with E-state index in [2.05, 4.69) is 23.7 Å². The maximum absolute atomic E-state index is 10.8. The van der Waals surface area contributed by atoms with E-state index >= 15 is 0 Å². The Balaban J connectivity index is 2.53. The molecule has 23 heavy (non-hydrogen) atoms. The third-order valence-electron chi connectivity index (χ3n) is 3.23. The van der Waals surface area contributed by atoms with Crippen molar-refractivity contribution in [3.05, 3.63) is 12.1 Å². The van der Waals surface area contributed by atoms with Gasteiger partial charge in [-0.1, -0.05) is 13.8 Å². The van der Waals surface area contributed by atoms with Gasteiger partial charge in [0.1, 0.15) is 18.2 Å². The molecule has 1 heterocycles. The molecule has 0 aliphatic heterocycles. The molecule has 2 N–H and O–H groups in total. The number of Topliss-reactive ketones (excluding diaryl/α,β-unsaturated/α-hetero) is 1. The minimum absolute atomic E-state index is 0.125. The lowest BCUT2D eigenvalue weighted by molar-refractivity contribution is -0.118. The van der Waals surface area contributed by atoms with Crippen LogP contribution in [0, 0.1) is 0 Å². The van der Waals surface area contributed by atoms with Crippen molar-refractivity contribution in [3.8, 4) is 5.88 Å². The van der Waals surface area contributed by atoms with Crippen LogP contribution in [0.5, 0.6) is 5.88 Å². The summed E-state index contributed by atoms with van der Waals surface area (Å²) in [7, 11) is 0. The van der Waals surface area contributed by atoms with Gasteiger partial charge in [0.15, 0.2) is 0 Å². The van der Waals surface area contributed by atoms with E-state index in [4.69, 9.17) is 15.2 Å². The number of ketones is 1. The molecule has 0 unspecified atom stereocenters. The summed E-state index contributed by atoms with van der Waals surface area (Å²) in [5.74, 6) is 1.08. The second kappa shape index (κ2) is 10.8. The number of nitrogens with zero attached hydrogens (tertiary/aromatic N) is 2. The van der Waals surface area contributed by atoms with Gasteiger partial charge in [-0.05, 0) is 19.8 Å². The van der Waals surface area contributed by atoms with Crippen molar-refractivity contribution >= 4 is 17.3 Å². The number of nitrogen functional groups attached to an aromatic ring is 1. The Hall–Kier alpha value is -1.82. The molecular weight excluding hydrogens is 294 g/mol. The summed E-state index contributed by atoms with van der Waals surface area (Å²) >= 11 is 0. The fraction of sp³-hybridized carbons (Fsp3) is 0.647. The van der Waals surface area contributed by atoms with Gasteiger partial charge in [0, 0.05) is 37.3 Å². The zero-order chi connectivity index (χ0) is 17.1. The summed E-state index contributed by atoms with van der Waals surface area (Å²) in [4.78, 5) is 17.3. The molecule has 130 valence electrons. The first-order chi connectivity index (χ1) is 11.1. The van der Waals surface area contributed by atoms with Gasteiger partial charge in [0.2, 0.25) is 5.88 Å². The van der Waals surface area contributed by atoms with Gasteiger partial charge >= 0.3 is 0 Å². The first-order valence-corrected chi connectivity index (χ1v) is 8.29. The van der Waals surface area contributed by atoms with Crippen molar-refractivity contribution in [1.29, 1.82) is 0 Å². The van der Waals surface area contributed by atoms with Gasteiger partial charge in [-0.3, -0.25) is 4.79 Å². The zero-order valence-electron chi connectivity index (χ0n) is 14.5. The van der Waals surface area contributed by atoms with Crippen molar-refractivity contribution in [1.82, 2.24) is 4.98 Å².